The molecule has 4 aliphatic heterocycles. The lowest BCUT2D eigenvalue weighted by molar-refractivity contribution is -0.120. The van der Waals surface area contributed by atoms with Gasteiger partial charge < -0.3 is 38.9 Å². The van der Waals surface area contributed by atoms with Gasteiger partial charge >= 0.3 is 12.0 Å². The number of benzene rings is 4. The monoisotopic (exact) mass is 1210 g/mol. The number of carbonyl (C=O) groups excluding carboxylic acids is 3. The van der Waals surface area contributed by atoms with E-state index in [9.17, 15) is 19.5 Å². The molecule has 18 heteroatoms. The van der Waals surface area contributed by atoms with Gasteiger partial charge in [-0.05, 0) is 159 Å². The number of likely N-dealkylation sites (tertiary alicyclic amines) is 1. The zero-order valence-corrected chi connectivity index (χ0v) is 53.8. The highest BCUT2D eigenvalue weighted by molar-refractivity contribution is 6.90. The molecular formula is C69H90F2N8O7Si. The number of urea groups is 1. The molecule has 4 saturated heterocycles. The van der Waals surface area contributed by atoms with Crippen LogP contribution in [-0.4, -0.2) is 154 Å². The Morgan fingerprint density at radius 2 is 1.53 bits per heavy atom. The summed E-state index contributed by atoms with van der Waals surface area (Å²) in [4.78, 5) is 59.0. The second-order valence-corrected chi connectivity index (χ2v) is 33.3. The molecule has 2 N–H and O–H groups in total. The molecule has 6 aliphatic rings. The number of aryl methyl sites for hydroxylation is 1. The molecule has 5 aromatic rings. The molecule has 87 heavy (non-hydrogen) atoms. The number of ether oxygens (including phenoxy) is 3. The Labute approximate surface area is 513 Å². The Bertz CT molecular complexity index is 3440. The number of carbonyl (C=O) groups is 3. The zero-order chi connectivity index (χ0) is 61.6. The number of fused-ring (bicyclic) bond motifs is 2. The lowest BCUT2D eigenvalue weighted by atomic mass is 9.65. The number of amides is 4. The van der Waals surface area contributed by atoms with Crippen molar-refractivity contribution in [2.45, 2.75) is 148 Å². The largest absolute Gasteiger partial charge is 0.468 e. The SMILES string of the molecule is COCOc1cc(-c2ccc3c(N4CCC[C@@](C)(O)C4)nc(OCC4(CN5CCN(CC6CCC7(CC6)CCN(C(=O)c6ccc(C)c(N8CCC(=O)NC8=O)c6)CC7)CC5)CC4)nc3c2F)c2c(C#C[Si](C(C)C)(C(C)C)C(C)C)c(F)ccc2c1. The number of halogens is 2. The van der Waals surface area contributed by atoms with Crippen LogP contribution in [0.3, 0.4) is 0 Å². The Kier molecular flexibility index (Phi) is 18.2. The summed E-state index contributed by atoms with van der Waals surface area (Å²) >= 11 is 0. The van der Waals surface area contributed by atoms with Gasteiger partial charge in [-0.2, -0.15) is 9.97 Å². The van der Waals surface area contributed by atoms with Crippen LogP contribution in [0.15, 0.2) is 54.6 Å². The van der Waals surface area contributed by atoms with Gasteiger partial charge in [-0.25, -0.2) is 13.6 Å². The average Bonchev–Trinajstić information content (AvgIpc) is 1.25. The number of nitrogens with one attached hydrogen (secondary N) is 1. The first kappa shape index (κ1) is 62.4. The van der Waals surface area contributed by atoms with Gasteiger partial charge in [0.15, 0.2) is 12.6 Å². The summed E-state index contributed by atoms with van der Waals surface area (Å²) < 4.78 is 52.5. The normalized spacial score (nSPS) is 21.3. The van der Waals surface area contributed by atoms with Crippen molar-refractivity contribution in [1.29, 1.82) is 0 Å². The minimum Gasteiger partial charge on any atom is -0.468 e. The second kappa shape index (κ2) is 25.3. The van der Waals surface area contributed by atoms with Crippen molar-refractivity contribution in [2.24, 2.45) is 16.7 Å². The van der Waals surface area contributed by atoms with Crippen molar-refractivity contribution in [3.8, 4) is 34.4 Å². The van der Waals surface area contributed by atoms with Gasteiger partial charge in [0.1, 0.15) is 31.0 Å². The number of piperazine rings is 1. The number of anilines is 2. The van der Waals surface area contributed by atoms with E-state index in [0.29, 0.717) is 99.7 Å². The van der Waals surface area contributed by atoms with E-state index in [1.54, 1.807) is 23.1 Å². The first-order valence-corrected chi connectivity index (χ1v) is 34.3. The Morgan fingerprint density at radius 1 is 0.816 bits per heavy atom. The fourth-order valence-electron chi connectivity index (χ4n) is 15.5. The quantitative estimate of drug-likeness (QED) is 0.0518. The predicted molar refractivity (Wildman–Crippen MR) is 341 cm³/mol. The average molecular weight is 1210 g/mol. The van der Waals surface area contributed by atoms with Crippen LogP contribution < -0.4 is 24.6 Å². The standard InChI is InChI=1S/C69H90F2N8O7Si/c1-45(2)87(46(3)4,47(5)6)36-20-54-57(70)16-13-50-37-52(86-44-84-9)39-56(60(50)54)53-14-15-55-62(61(53)71)73-65(74-63(55)78-28-10-21-67(8,83)41-78)85-43-69(24-25-69)42-76-34-32-75(33-35-76)40-49-17-22-68(23-18-49)26-30-77(31-27-68)64(81)51-12-11-48(7)58(38-51)79-29-19-59(80)72-66(79)82/h11-16,37-39,45-47,49,83H,10,17-19,21-35,40-44H2,1-9H3,(H,72,80,82)/t67-/m1/s1. The molecule has 1 aromatic heterocycles. The highest BCUT2D eigenvalue weighted by atomic mass is 28.3. The molecule has 0 bridgehead atoms. The van der Waals surface area contributed by atoms with Gasteiger partial charge in [-0.15, -0.1) is 5.54 Å². The van der Waals surface area contributed by atoms with Crippen LogP contribution in [0.1, 0.15) is 141 Å². The van der Waals surface area contributed by atoms with Crippen molar-refractivity contribution in [2.75, 3.05) is 102 Å². The minimum absolute atomic E-state index is 0.00189. The van der Waals surface area contributed by atoms with Gasteiger partial charge in [-0.1, -0.05) is 65.7 Å². The van der Waals surface area contributed by atoms with Crippen LogP contribution in [-0.2, 0) is 9.53 Å². The third-order valence-electron chi connectivity index (χ3n) is 20.8. The van der Waals surface area contributed by atoms with E-state index < -0.39 is 31.3 Å². The van der Waals surface area contributed by atoms with E-state index in [1.165, 1.54) is 38.9 Å². The van der Waals surface area contributed by atoms with Crippen LogP contribution >= 0.6 is 0 Å². The van der Waals surface area contributed by atoms with E-state index in [-0.39, 0.29) is 58.5 Å². The molecule has 2 aliphatic carbocycles. The first-order chi connectivity index (χ1) is 41.6. The molecule has 4 amide bonds. The molecule has 2 saturated carbocycles. The molecule has 0 unspecified atom stereocenters. The number of β-amino-alcohol motifs (C(OH)–C–C–N with tert-alkyl or cyclic N) is 1. The number of nitrogens with zero attached hydrogens (tertiary/aromatic N) is 7. The number of methoxy groups -OCH3 is 1. The molecular weight excluding hydrogens is 1120 g/mol. The molecule has 11 rings (SSSR count). The van der Waals surface area contributed by atoms with Crippen molar-refractivity contribution < 1.29 is 42.5 Å². The van der Waals surface area contributed by atoms with Crippen LogP contribution in [0, 0.1) is 46.8 Å². The highest BCUT2D eigenvalue weighted by Gasteiger charge is 2.47. The fraction of sp³-hybridized carbons (Fsp3) is 0.580. The van der Waals surface area contributed by atoms with E-state index in [1.807, 2.05) is 54.0 Å². The minimum atomic E-state index is -2.31. The Hall–Kier alpha value is -6.23. The molecule has 466 valence electrons. The summed E-state index contributed by atoms with van der Waals surface area (Å²) in [6.45, 7) is 26.2. The molecule has 15 nitrogen and oxygen atoms in total. The summed E-state index contributed by atoms with van der Waals surface area (Å²) in [6.07, 6.45) is 10.4. The van der Waals surface area contributed by atoms with Crippen LogP contribution in [0.25, 0.3) is 32.8 Å². The van der Waals surface area contributed by atoms with Gasteiger partial charge in [0.2, 0.25) is 5.91 Å². The second-order valence-electron chi connectivity index (χ2n) is 27.7. The summed E-state index contributed by atoms with van der Waals surface area (Å²) in [7, 11) is -0.775. The lowest BCUT2D eigenvalue weighted by Crippen LogP contribution is -2.50. The molecule has 6 fully saturated rings. The molecule has 5 heterocycles. The summed E-state index contributed by atoms with van der Waals surface area (Å²) in [6, 6.07) is 15.4. The number of rotatable bonds is 17. The van der Waals surface area contributed by atoms with E-state index in [0.717, 1.165) is 90.0 Å². The number of imide groups is 1. The number of aromatic nitrogens is 2. The summed E-state index contributed by atoms with van der Waals surface area (Å²) in [5, 5.41) is 15.4. The topological polar surface area (TPSA) is 153 Å². The molecule has 0 radical (unpaired) electrons. The van der Waals surface area contributed by atoms with Gasteiger partial charge in [0.05, 0.1) is 17.8 Å². The molecule has 1 atom stereocenters. The summed E-state index contributed by atoms with van der Waals surface area (Å²) in [5.41, 5.74) is 6.99. The Morgan fingerprint density at radius 3 is 2.20 bits per heavy atom. The number of hydrogen-bond donors (Lipinski definition) is 2. The first-order valence-electron chi connectivity index (χ1n) is 32.1. The molecule has 1 spiro atoms. The molecule has 4 aromatic carbocycles. The highest BCUT2D eigenvalue weighted by Crippen LogP contribution is 2.49. The maximum Gasteiger partial charge on any atom is 0.328 e. The van der Waals surface area contributed by atoms with E-state index in [2.05, 4.69) is 68.1 Å². The predicted octanol–water partition coefficient (Wildman–Crippen LogP) is 12.3. The van der Waals surface area contributed by atoms with Crippen LogP contribution in [0.4, 0.5) is 25.1 Å². The van der Waals surface area contributed by atoms with Gasteiger partial charge in [0.25, 0.3) is 5.91 Å². The van der Waals surface area contributed by atoms with Gasteiger partial charge in [0, 0.05) is 119 Å². The number of piperidine rings is 2. The summed E-state index contributed by atoms with van der Waals surface area (Å²) in [5.74, 6) is 3.64. The smallest absolute Gasteiger partial charge is 0.328 e. The van der Waals surface area contributed by atoms with Gasteiger partial charge in [-0.3, -0.25) is 19.8 Å². The zero-order valence-electron chi connectivity index (χ0n) is 52.8. The fourth-order valence-corrected chi connectivity index (χ4v) is 20.7. The van der Waals surface area contributed by atoms with E-state index in [4.69, 9.17) is 24.2 Å². The number of hydrogen-bond acceptors (Lipinski definition) is 12. The third-order valence-corrected chi connectivity index (χ3v) is 27.1. The maximum absolute atomic E-state index is 18.1. The Balaban J connectivity index is 0.753. The van der Waals surface area contributed by atoms with Crippen molar-refractivity contribution in [3.63, 3.8) is 0 Å². The van der Waals surface area contributed by atoms with Crippen molar-refractivity contribution >= 4 is 59.1 Å². The van der Waals surface area contributed by atoms with Crippen LogP contribution in [0.2, 0.25) is 16.6 Å². The van der Waals surface area contributed by atoms with E-state index >= 15 is 8.78 Å². The number of aliphatic hydroxyl groups is 1. The van der Waals surface area contributed by atoms with Crippen molar-refractivity contribution in [1.82, 2.24) is 30.0 Å². The third kappa shape index (κ3) is 13.1. The maximum atomic E-state index is 18.1. The van der Waals surface area contributed by atoms with Crippen molar-refractivity contribution in [3.05, 3.63) is 82.9 Å². The lowest BCUT2D eigenvalue weighted by Gasteiger charge is -2.47. The van der Waals surface area contributed by atoms with Crippen LogP contribution in [0.5, 0.6) is 11.8 Å².